The summed E-state index contributed by atoms with van der Waals surface area (Å²) in [6, 6.07) is 3.53. The fourth-order valence-electron chi connectivity index (χ4n) is 2.89. The van der Waals surface area contributed by atoms with Crippen LogP contribution in [0.1, 0.15) is 25.7 Å². The number of rotatable bonds is 2. The van der Waals surface area contributed by atoms with E-state index < -0.39 is 0 Å². The molecule has 3 rings (SSSR count). The molecule has 17 heavy (non-hydrogen) atoms. The Morgan fingerprint density at radius 2 is 1.94 bits per heavy atom. The number of nitrogens with one attached hydrogen (secondary N) is 2. The van der Waals surface area contributed by atoms with Crippen LogP contribution in [-0.2, 0) is 0 Å². The lowest BCUT2D eigenvalue weighted by atomic mass is 10.00. The van der Waals surface area contributed by atoms with E-state index in [-0.39, 0.29) is 0 Å². The first kappa shape index (κ1) is 11.6. The van der Waals surface area contributed by atoms with E-state index in [1.807, 2.05) is 0 Å². The molecular weight excluding hydrogens is 257 g/mol. The normalized spacial score (nSPS) is 31.5. The summed E-state index contributed by atoms with van der Waals surface area (Å²) in [7, 11) is 0. The molecule has 2 fully saturated rings. The Balaban J connectivity index is 1.70. The predicted octanol–water partition coefficient (Wildman–Crippen LogP) is 3.08. The number of aromatic nitrogens is 1. The molecule has 0 aromatic carbocycles. The van der Waals surface area contributed by atoms with E-state index in [2.05, 4.69) is 15.6 Å². The second-order valence-corrected chi connectivity index (χ2v) is 5.78. The van der Waals surface area contributed by atoms with Gasteiger partial charge < -0.3 is 10.6 Å². The third-order valence-corrected chi connectivity index (χ3v) is 4.12. The van der Waals surface area contributed by atoms with Gasteiger partial charge in [0.25, 0.3) is 0 Å². The third kappa shape index (κ3) is 2.51. The van der Waals surface area contributed by atoms with Gasteiger partial charge in [0.1, 0.15) is 5.82 Å². The van der Waals surface area contributed by atoms with Crippen molar-refractivity contribution in [2.45, 2.75) is 43.8 Å². The van der Waals surface area contributed by atoms with Gasteiger partial charge in [0.2, 0.25) is 0 Å². The van der Waals surface area contributed by atoms with E-state index >= 15 is 0 Å². The average Bonchev–Trinajstić information content (AvgIpc) is 2.62. The summed E-state index contributed by atoms with van der Waals surface area (Å²) in [5, 5.41) is 8.23. The number of hydrogen-bond donors (Lipinski definition) is 2. The maximum Gasteiger partial charge on any atom is 0.145 e. The van der Waals surface area contributed by atoms with Gasteiger partial charge in [-0.1, -0.05) is 23.2 Å². The van der Waals surface area contributed by atoms with Gasteiger partial charge in [0, 0.05) is 24.3 Å². The average molecular weight is 272 g/mol. The first-order valence-electron chi connectivity index (χ1n) is 6.04. The SMILES string of the molecule is Clc1cnc(NC2CC3CCC(C2)N3)c(Cl)c1. The molecule has 1 aromatic heterocycles. The molecule has 2 bridgehead atoms. The van der Waals surface area contributed by atoms with Crippen LogP contribution in [0.25, 0.3) is 0 Å². The van der Waals surface area contributed by atoms with Gasteiger partial charge in [-0.05, 0) is 31.7 Å². The fraction of sp³-hybridized carbons (Fsp3) is 0.583. The summed E-state index contributed by atoms with van der Waals surface area (Å²) >= 11 is 11.9. The zero-order chi connectivity index (χ0) is 11.8. The van der Waals surface area contributed by atoms with Crippen LogP contribution in [0.5, 0.6) is 0 Å². The van der Waals surface area contributed by atoms with E-state index in [4.69, 9.17) is 23.2 Å². The summed E-state index contributed by atoms with van der Waals surface area (Å²) < 4.78 is 0. The highest BCUT2D eigenvalue weighted by atomic mass is 35.5. The van der Waals surface area contributed by atoms with Crippen molar-refractivity contribution in [2.75, 3.05) is 5.32 Å². The predicted molar refractivity (Wildman–Crippen MR) is 70.8 cm³/mol. The molecule has 2 N–H and O–H groups in total. The van der Waals surface area contributed by atoms with Crippen molar-refractivity contribution in [1.29, 1.82) is 0 Å². The molecule has 0 aliphatic carbocycles. The molecule has 0 spiro atoms. The van der Waals surface area contributed by atoms with E-state index in [1.54, 1.807) is 12.3 Å². The maximum atomic E-state index is 6.11. The lowest BCUT2D eigenvalue weighted by Gasteiger charge is -2.30. The Morgan fingerprint density at radius 1 is 1.24 bits per heavy atom. The van der Waals surface area contributed by atoms with E-state index in [1.165, 1.54) is 12.8 Å². The van der Waals surface area contributed by atoms with Crippen molar-refractivity contribution in [3.63, 3.8) is 0 Å². The van der Waals surface area contributed by atoms with E-state index in [0.717, 1.165) is 18.7 Å². The Morgan fingerprint density at radius 3 is 2.59 bits per heavy atom. The van der Waals surface area contributed by atoms with Gasteiger partial charge in [-0.3, -0.25) is 0 Å². The lowest BCUT2D eigenvalue weighted by molar-refractivity contribution is 0.377. The van der Waals surface area contributed by atoms with Gasteiger partial charge in [0.05, 0.1) is 10.0 Å². The lowest BCUT2D eigenvalue weighted by Crippen LogP contribution is -2.43. The number of nitrogens with zero attached hydrogens (tertiary/aromatic N) is 1. The monoisotopic (exact) mass is 271 g/mol. The van der Waals surface area contributed by atoms with Crippen LogP contribution >= 0.6 is 23.2 Å². The number of hydrogen-bond acceptors (Lipinski definition) is 3. The molecule has 3 heterocycles. The molecular formula is C12H15Cl2N3. The minimum Gasteiger partial charge on any atom is -0.366 e. The van der Waals surface area contributed by atoms with E-state index in [9.17, 15) is 0 Å². The van der Waals surface area contributed by atoms with Crippen LogP contribution in [0.4, 0.5) is 5.82 Å². The van der Waals surface area contributed by atoms with Crippen molar-refractivity contribution >= 4 is 29.0 Å². The quantitative estimate of drug-likeness (QED) is 0.868. The molecule has 92 valence electrons. The van der Waals surface area contributed by atoms with Crippen LogP contribution in [-0.4, -0.2) is 23.1 Å². The van der Waals surface area contributed by atoms with Crippen LogP contribution < -0.4 is 10.6 Å². The Bertz CT molecular complexity index is 412. The topological polar surface area (TPSA) is 37.0 Å². The van der Waals surface area contributed by atoms with Gasteiger partial charge in [-0.25, -0.2) is 4.98 Å². The number of anilines is 1. The summed E-state index contributed by atoms with van der Waals surface area (Å²) in [6.45, 7) is 0. The molecule has 2 aliphatic heterocycles. The van der Waals surface area contributed by atoms with Crippen molar-refractivity contribution in [3.05, 3.63) is 22.3 Å². The minimum absolute atomic E-state index is 0.472. The largest absolute Gasteiger partial charge is 0.366 e. The second-order valence-electron chi connectivity index (χ2n) is 4.93. The third-order valence-electron chi connectivity index (χ3n) is 3.62. The van der Waals surface area contributed by atoms with Gasteiger partial charge in [-0.2, -0.15) is 0 Å². The standard InChI is InChI=1S/C12H15Cl2N3/c13-7-3-11(14)12(15-6-7)17-10-4-8-1-2-9(5-10)16-8/h3,6,8-10,16H,1-2,4-5H2,(H,15,17). The molecule has 5 heteroatoms. The fourth-order valence-corrected chi connectivity index (χ4v) is 3.32. The van der Waals surface area contributed by atoms with Crippen LogP contribution in [0.15, 0.2) is 12.3 Å². The van der Waals surface area contributed by atoms with Crippen molar-refractivity contribution in [2.24, 2.45) is 0 Å². The Kier molecular flexibility index (Phi) is 3.16. The maximum absolute atomic E-state index is 6.11. The molecule has 2 saturated heterocycles. The Hall–Kier alpha value is -0.510. The summed E-state index contributed by atoms with van der Waals surface area (Å²) in [6.07, 6.45) is 6.52. The zero-order valence-corrected chi connectivity index (χ0v) is 10.9. The number of piperidine rings is 1. The van der Waals surface area contributed by atoms with Gasteiger partial charge in [0.15, 0.2) is 0 Å². The van der Waals surface area contributed by atoms with E-state index in [0.29, 0.717) is 28.2 Å². The van der Waals surface area contributed by atoms with Crippen LogP contribution in [0.2, 0.25) is 10.0 Å². The molecule has 1 aromatic rings. The molecule has 0 saturated carbocycles. The molecule has 0 radical (unpaired) electrons. The number of fused-ring (bicyclic) bond motifs is 2. The van der Waals surface area contributed by atoms with Crippen molar-refractivity contribution in [1.82, 2.24) is 10.3 Å². The number of pyridine rings is 1. The highest BCUT2D eigenvalue weighted by Gasteiger charge is 2.33. The highest BCUT2D eigenvalue weighted by molar-refractivity contribution is 6.35. The minimum atomic E-state index is 0.472. The zero-order valence-electron chi connectivity index (χ0n) is 9.42. The second kappa shape index (κ2) is 4.63. The first-order valence-corrected chi connectivity index (χ1v) is 6.80. The van der Waals surface area contributed by atoms with Crippen LogP contribution in [0, 0.1) is 0 Å². The van der Waals surface area contributed by atoms with Gasteiger partial charge in [-0.15, -0.1) is 0 Å². The molecule has 2 atom stereocenters. The summed E-state index contributed by atoms with van der Waals surface area (Å²) in [4.78, 5) is 4.25. The van der Waals surface area contributed by atoms with Crippen molar-refractivity contribution in [3.8, 4) is 0 Å². The first-order chi connectivity index (χ1) is 8.20. The number of halogens is 2. The smallest absolute Gasteiger partial charge is 0.145 e. The Labute approximate surface area is 111 Å². The van der Waals surface area contributed by atoms with Crippen LogP contribution in [0.3, 0.4) is 0 Å². The van der Waals surface area contributed by atoms with Crippen molar-refractivity contribution < 1.29 is 0 Å². The molecule has 3 nitrogen and oxygen atoms in total. The highest BCUT2D eigenvalue weighted by Crippen LogP contribution is 2.30. The van der Waals surface area contributed by atoms with Gasteiger partial charge >= 0.3 is 0 Å². The summed E-state index contributed by atoms with van der Waals surface area (Å²) in [5.74, 6) is 0.752. The summed E-state index contributed by atoms with van der Waals surface area (Å²) in [5.41, 5.74) is 0. The molecule has 2 aliphatic rings. The molecule has 0 amide bonds. The molecule has 2 unspecified atom stereocenters.